The SMILES string of the molecule is O=C1CCO[C@H]2CN(CC3CCC(F)(F)CC3)C[C@@H]2N1Cc1ccccc1. The van der Waals surface area contributed by atoms with Gasteiger partial charge in [0.05, 0.1) is 25.2 Å². The normalized spacial score (nSPS) is 29.6. The third kappa shape index (κ3) is 4.49. The van der Waals surface area contributed by atoms with Gasteiger partial charge in [-0.25, -0.2) is 8.78 Å². The Morgan fingerprint density at radius 3 is 2.59 bits per heavy atom. The van der Waals surface area contributed by atoms with E-state index in [9.17, 15) is 13.6 Å². The van der Waals surface area contributed by atoms with Crippen molar-refractivity contribution in [1.82, 2.24) is 9.80 Å². The molecule has 0 radical (unpaired) electrons. The predicted molar refractivity (Wildman–Crippen MR) is 98.5 cm³/mol. The van der Waals surface area contributed by atoms with Crippen LogP contribution in [-0.4, -0.2) is 60.0 Å². The van der Waals surface area contributed by atoms with Crippen LogP contribution in [0.15, 0.2) is 30.3 Å². The number of hydrogen-bond acceptors (Lipinski definition) is 3. The molecule has 27 heavy (non-hydrogen) atoms. The molecule has 1 aromatic carbocycles. The van der Waals surface area contributed by atoms with Gasteiger partial charge in [0.1, 0.15) is 0 Å². The van der Waals surface area contributed by atoms with Crippen molar-refractivity contribution in [3.63, 3.8) is 0 Å². The number of amides is 1. The summed E-state index contributed by atoms with van der Waals surface area (Å²) in [6.45, 7) is 3.47. The van der Waals surface area contributed by atoms with Crippen molar-refractivity contribution in [2.45, 2.75) is 56.7 Å². The van der Waals surface area contributed by atoms with Crippen molar-refractivity contribution < 1.29 is 18.3 Å². The number of fused-ring (bicyclic) bond motifs is 1. The predicted octanol–water partition coefficient (Wildman–Crippen LogP) is 3.31. The Labute approximate surface area is 159 Å². The lowest BCUT2D eigenvalue weighted by Crippen LogP contribution is -2.45. The van der Waals surface area contributed by atoms with E-state index in [0.29, 0.717) is 38.3 Å². The number of rotatable bonds is 4. The number of benzene rings is 1. The van der Waals surface area contributed by atoms with Gasteiger partial charge in [-0.15, -0.1) is 0 Å². The largest absolute Gasteiger partial charge is 0.374 e. The smallest absolute Gasteiger partial charge is 0.248 e. The van der Waals surface area contributed by atoms with Crippen LogP contribution in [0.25, 0.3) is 0 Å². The number of carbonyl (C=O) groups excluding carboxylic acids is 1. The molecule has 0 N–H and O–H groups in total. The molecule has 0 bridgehead atoms. The van der Waals surface area contributed by atoms with Gasteiger partial charge in [-0.05, 0) is 24.3 Å². The first-order valence-electron chi connectivity index (χ1n) is 10.1. The zero-order chi connectivity index (χ0) is 18.9. The molecule has 4 nitrogen and oxygen atoms in total. The van der Waals surface area contributed by atoms with E-state index in [1.165, 1.54) is 0 Å². The molecule has 0 unspecified atom stereocenters. The van der Waals surface area contributed by atoms with Crippen LogP contribution in [0.5, 0.6) is 0 Å². The Hall–Kier alpha value is -1.53. The maximum absolute atomic E-state index is 13.4. The Kier molecular flexibility index (Phi) is 5.46. The summed E-state index contributed by atoms with van der Waals surface area (Å²) < 4.78 is 32.8. The molecule has 1 amide bonds. The third-order valence-electron chi connectivity index (χ3n) is 6.23. The number of hydrogen-bond donors (Lipinski definition) is 0. The molecule has 1 aromatic rings. The van der Waals surface area contributed by atoms with E-state index in [4.69, 9.17) is 4.74 Å². The van der Waals surface area contributed by atoms with Gasteiger partial charge in [-0.1, -0.05) is 30.3 Å². The van der Waals surface area contributed by atoms with E-state index in [1.807, 2.05) is 35.2 Å². The van der Waals surface area contributed by atoms with Gasteiger partial charge in [-0.3, -0.25) is 9.69 Å². The molecule has 0 aromatic heterocycles. The molecule has 4 rings (SSSR count). The fourth-order valence-corrected chi connectivity index (χ4v) is 4.70. The van der Waals surface area contributed by atoms with Crippen molar-refractivity contribution >= 4 is 5.91 Å². The summed E-state index contributed by atoms with van der Waals surface area (Å²) in [4.78, 5) is 17.0. The topological polar surface area (TPSA) is 32.8 Å². The molecule has 1 saturated carbocycles. The van der Waals surface area contributed by atoms with Gasteiger partial charge >= 0.3 is 0 Å². The molecular weight excluding hydrogens is 350 g/mol. The summed E-state index contributed by atoms with van der Waals surface area (Å²) >= 11 is 0. The van der Waals surface area contributed by atoms with Crippen LogP contribution < -0.4 is 0 Å². The van der Waals surface area contributed by atoms with Crippen molar-refractivity contribution in [3.8, 4) is 0 Å². The Morgan fingerprint density at radius 1 is 1.11 bits per heavy atom. The highest BCUT2D eigenvalue weighted by atomic mass is 19.3. The number of nitrogens with zero attached hydrogens (tertiary/aromatic N) is 2. The minimum atomic E-state index is -2.48. The van der Waals surface area contributed by atoms with Crippen LogP contribution in [0.2, 0.25) is 0 Å². The molecule has 2 heterocycles. The molecule has 2 saturated heterocycles. The summed E-state index contributed by atoms with van der Waals surface area (Å²) in [5.41, 5.74) is 1.12. The van der Waals surface area contributed by atoms with Crippen molar-refractivity contribution in [2.75, 3.05) is 26.2 Å². The summed E-state index contributed by atoms with van der Waals surface area (Å²) in [6.07, 6.45) is 1.64. The molecule has 0 spiro atoms. The van der Waals surface area contributed by atoms with Gasteiger partial charge in [0.15, 0.2) is 0 Å². The zero-order valence-electron chi connectivity index (χ0n) is 15.7. The number of halogens is 2. The lowest BCUT2D eigenvalue weighted by Gasteiger charge is -2.32. The van der Waals surface area contributed by atoms with E-state index >= 15 is 0 Å². The molecule has 2 aliphatic heterocycles. The highest BCUT2D eigenvalue weighted by Gasteiger charge is 2.42. The second kappa shape index (κ2) is 7.84. The molecule has 6 heteroatoms. The van der Waals surface area contributed by atoms with Gasteiger partial charge < -0.3 is 9.64 Å². The number of ether oxygens (including phenoxy) is 1. The van der Waals surface area contributed by atoms with Crippen LogP contribution >= 0.6 is 0 Å². The molecular formula is C21H28F2N2O2. The zero-order valence-corrected chi connectivity index (χ0v) is 15.7. The van der Waals surface area contributed by atoms with Crippen molar-refractivity contribution in [1.29, 1.82) is 0 Å². The van der Waals surface area contributed by atoms with Crippen molar-refractivity contribution in [3.05, 3.63) is 35.9 Å². The quantitative estimate of drug-likeness (QED) is 0.806. The van der Waals surface area contributed by atoms with Crippen LogP contribution in [0.1, 0.15) is 37.7 Å². The summed E-state index contributed by atoms with van der Waals surface area (Å²) in [5, 5.41) is 0. The highest BCUT2D eigenvalue weighted by Crippen LogP contribution is 2.37. The number of likely N-dealkylation sites (tertiary alicyclic amines) is 1. The monoisotopic (exact) mass is 378 g/mol. The molecule has 3 fully saturated rings. The lowest BCUT2D eigenvalue weighted by molar-refractivity contribution is -0.133. The average molecular weight is 378 g/mol. The summed E-state index contributed by atoms with van der Waals surface area (Å²) in [6, 6.07) is 10.1. The van der Waals surface area contributed by atoms with Crippen LogP contribution in [0, 0.1) is 5.92 Å². The van der Waals surface area contributed by atoms with E-state index in [2.05, 4.69) is 4.90 Å². The van der Waals surface area contributed by atoms with E-state index in [1.54, 1.807) is 0 Å². The highest BCUT2D eigenvalue weighted by molar-refractivity contribution is 5.77. The second-order valence-corrected chi connectivity index (χ2v) is 8.25. The molecule has 1 aliphatic carbocycles. The summed E-state index contributed by atoms with van der Waals surface area (Å²) in [5.74, 6) is -2.01. The Balaban J connectivity index is 1.40. The first kappa shape index (κ1) is 18.8. The van der Waals surface area contributed by atoms with Gasteiger partial charge in [0.2, 0.25) is 11.8 Å². The number of carbonyl (C=O) groups is 1. The maximum Gasteiger partial charge on any atom is 0.248 e. The van der Waals surface area contributed by atoms with Crippen LogP contribution in [0.4, 0.5) is 8.78 Å². The first-order valence-corrected chi connectivity index (χ1v) is 10.1. The summed E-state index contributed by atoms with van der Waals surface area (Å²) in [7, 11) is 0. The Bertz CT molecular complexity index is 645. The molecule has 3 aliphatic rings. The fourth-order valence-electron chi connectivity index (χ4n) is 4.70. The molecule has 2 atom stereocenters. The van der Waals surface area contributed by atoms with E-state index in [-0.39, 0.29) is 30.9 Å². The number of alkyl halides is 2. The maximum atomic E-state index is 13.4. The lowest BCUT2D eigenvalue weighted by atomic mass is 9.86. The van der Waals surface area contributed by atoms with Gasteiger partial charge in [0, 0.05) is 39.0 Å². The van der Waals surface area contributed by atoms with E-state index < -0.39 is 5.92 Å². The Morgan fingerprint density at radius 2 is 1.85 bits per heavy atom. The minimum absolute atomic E-state index is 0.00742. The standard InChI is InChI=1S/C21H28F2N2O2/c22-21(23)9-6-17(7-10-21)12-24-14-18-19(15-24)27-11-8-20(26)25(18)13-16-4-2-1-3-5-16/h1-5,17-19H,6-15H2/t18-,19-/m0/s1. The van der Waals surface area contributed by atoms with Gasteiger partial charge in [-0.2, -0.15) is 0 Å². The fraction of sp³-hybridized carbons (Fsp3) is 0.667. The molecule has 148 valence electrons. The van der Waals surface area contributed by atoms with Gasteiger partial charge in [0.25, 0.3) is 0 Å². The third-order valence-corrected chi connectivity index (χ3v) is 6.23. The van der Waals surface area contributed by atoms with Crippen molar-refractivity contribution in [2.24, 2.45) is 5.92 Å². The average Bonchev–Trinajstić information content (AvgIpc) is 2.98. The van der Waals surface area contributed by atoms with Crippen LogP contribution in [0.3, 0.4) is 0 Å². The van der Waals surface area contributed by atoms with Crippen LogP contribution in [-0.2, 0) is 16.1 Å². The second-order valence-electron chi connectivity index (χ2n) is 8.25. The first-order chi connectivity index (χ1) is 13.0. The van der Waals surface area contributed by atoms with E-state index in [0.717, 1.165) is 25.2 Å². The minimum Gasteiger partial charge on any atom is -0.374 e.